The molecule has 0 spiro atoms. The number of thiocarbonyl (C=S) groups is 1. The summed E-state index contributed by atoms with van der Waals surface area (Å²) in [6.07, 6.45) is 2.33. The van der Waals surface area contributed by atoms with E-state index in [0.29, 0.717) is 6.42 Å². The van der Waals surface area contributed by atoms with Crippen molar-refractivity contribution in [3.05, 3.63) is 34.7 Å². The molecule has 1 heterocycles. The zero-order valence-corrected chi connectivity index (χ0v) is 10.4. The van der Waals surface area contributed by atoms with Gasteiger partial charge in [-0.2, -0.15) is 0 Å². The maximum Gasteiger partial charge on any atom is 0.198 e. The van der Waals surface area contributed by atoms with Gasteiger partial charge in [0.25, 0.3) is 0 Å². The van der Waals surface area contributed by atoms with Crippen molar-refractivity contribution in [2.75, 3.05) is 7.11 Å². The summed E-state index contributed by atoms with van der Waals surface area (Å²) in [5.74, 6) is 0.819. The largest absolute Gasteiger partial charge is 0.497 e. The Morgan fingerprint density at radius 1 is 1.38 bits per heavy atom. The molecule has 1 saturated heterocycles. The molecule has 1 aliphatic rings. The molecule has 0 bridgehead atoms. The van der Waals surface area contributed by atoms with Crippen molar-refractivity contribution in [3.8, 4) is 5.75 Å². The molecule has 1 aliphatic heterocycles. The van der Waals surface area contributed by atoms with Gasteiger partial charge in [-0.05, 0) is 23.8 Å². The topological polar surface area (TPSA) is 26.3 Å². The third-order valence-corrected chi connectivity index (χ3v) is 3.67. The second-order valence-electron chi connectivity index (χ2n) is 3.36. The lowest BCUT2D eigenvalue weighted by atomic mass is 10.2. The Labute approximate surface area is 104 Å². The van der Waals surface area contributed by atoms with E-state index in [2.05, 4.69) is 0 Å². The summed E-state index contributed by atoms with van der Waals surface area (Å²) in [5.41, 5.74) is 1.03. The first kappa shape index (κ1) is 11.4. The molecule has 2 nitrogen and oxygen atoms in total. The van der Waals surface area contributed by atoms with Crippen LogP contribution in [0.1, 0.15) is 12.0 Å². The maximum absolute atomic E-state index is 11.2. The van der Waals surface area contributed by atoms with Gasteiger partial charge in [-0.25, -0.2) is 0 Å². The van der Waals surface area contributed by atoms with Crippen LogP contribution in [0.5, 0.6) is 5.75 Å². The predicted octanol–water partition coefficient (Wildman–Crippen LogP) is 3.07. The molecule has 0 saturated carbocycles. The first-order chi connectivity index (χ1) is 7.69. The predicted molar refractivity (Wildman–Crippen MR) is 70.8 cm³/mol. The summed E-state index contributed by atoms with van der Waals surface area (Å²) in [6.45, 7) is 0. The van der Waals surface area contributed by atoms with Crippen LogP contribution in [0.2, 0.25) is 0 Å². The van der Waals surface area contributed by atoms with E-state index in [9.17, 15) is 4.79 Å². The molecule has 0 N–H and O–H groups in total. The summed E-state index contributed by atoms with van der Waals surface area (Å²) >= 11 is 6.36. The lowest BCUT2D eigenvalue weighted by Crippen LogP contribution is -1.88. The van der Waals surface area contributed by atoms with E-state index in [4.69, 9.17) is 17.0 Å². The van der Waals surface area contributed by atoms with Gasteiger partial charge in [-0.1, -0.05) is 36.1 Å². The van der Waals surface area contributed by atoms with E-state index >= 15 is 0 Å². The van der Waals surface area contributed by atoms with Crippen LogP contribution in [-0.2, 0) is 4.79 Å². The van der Waals surface area contributed by atoms with Gasteiger partial charge in [0, 0.05) is 9.77 Å². The van der Waals surface area contributed by atoms with Crippen LogP contribution in [0, 0.1) is 0 Å². The fourth-order valence-electron chi connectivity index (χ4n) is 1.40. The average molecular weight is 250 g/mol. The van der Waals surface area contributed by atoms with E-state index in [-0.39, 0.29) is 5.12 Å². The third-order valence-electron chi connectivity index (χ3n) is 2.22. The number of rotatable bonds is 2. The van der Waals surface area contributed by atoms with Crippen molar-refractivity contribution >= 4 is 40.0 Å². The highest BCUT2D eigenvalue weighted by Crippen LogP contribution is 2.31. The highest BCUT2D eigenvalue weighted by Gasteiger charge is 2.21. The Balaban J connectivity index is 2.22. The molecule has 0 amide bonds. The van der Waals surface area contributed by atoms with Crippen molar-refractivity contribution in [3.63, 3.8) is 0 Å². The van der Waals surface area contributed by atoms with Gasteiger partial charge in [-0.3, -0.25) is 4.79 Å². The number of hydrogen-bond donors (Lipinski definition) is 0. The minimum absolute atomic E-state index is 0.129. The Morgan fingerprint density at radius 3 is 2.56 bits per heavy atom. The molecule has 1 aromatic carbocycles. The Hall–Kier alpha value is -1.13. The maximum atomic E-state index is 11.2. The highest BCUT2D eigenvalue weighted by atomic mass is 32.2. The third kappa shape index (κ3) is 2.51. The average Bonchev–Trinajstić information content (AvgIpc) is 2.59. The van der Waals surface area contributed by atoms with Crippen LogP contribution in [0.15, 0.2) is 29.2 Å². The molecule has 1 aromatic rings. The zero-order valence-electron chi connectivity index (χ0n) is 8.73. The molecule has 0 aromatic heterocycles. The van der Waals surface area contributed by atoms with Crippen LogP contribution in [0.3, 0.4) is 0 Å². The van der Waals surface area contributed by atoms with Crippen molar-refractivity contribution in [2.24, 2.45) is 0 Å². The van der Waals surface area contributed by atoms with Gasteiger partial charge in [-0.15, -0.1) is 0 Å². The minimum Gasteiger partial charge on any atom is -0.497 e. The number of methoxy groups -OCH3 is 1. The number of carbonyl (C=O) groups is 1. The quantitative estimate of drug-likeness (QED) is 0.595. The van der Waals surface area contributed by atoms with Crippen molar-refractivity contribution in [2.45, 2.75) is 6.42 Å². The van der Waals surface area contributed by atoms with E-state index in [1.165, 1.54) is 11.8 Å². The van der Waals surface area contributed by atoms with Gasteiger partial charge in [0.2, 0.25) is 0 Å². The fraction of sp³-hybridized carbons (Fsp3) is 0.167. The molecule has 0 radical (unpaired) electrons. The smallest absolute Gasteiger partial charge is 0.198 e. The standard InChI is InChI=1S/C12H10O2S2/c1-14-9-4-2-8(3-5-9)6-11-10(15)7-12(13)16-11/h2-6H,7H2,1H3/b11-6-. The van der Waals surface area contributed by atoms with E-state index < -0.39 is 0 Å². The first-order valence-electron chi connectivity index (χ1n) is 4.78. The van der Waals surface area contributed by atoms with Gasteiger partial charge >= 0.3 is 0 Å². The summed E-state index contributed by atoms with van der Waals surface area (Å²) in [6, 6.07) is 7.66. The summed E-state index contributed by atoms with van der Waals surface area (Å²) in [7, 11) is 1.63. The number of benzene rings is 1. The Morgan fingerprint density at radius 2 is 2.06 bits per heavy atom. The molecular weight excluding hydrogens is 240 g/mol. The second-order valence-corrected chi connectivity index (χ2v) is 4.95. The summed E-state index contributed by atoms with van der Waals surface area (Å²) in [4.78, 5) is 12.8. The first-order valence-corrected chi connectivity index (χ1v) is 6.01. The lowest BCUT2D eigenvalue weighted by Gasteiger charge is -2.00. The Kier molecular flexibility index (Phi) is 3.41. The molecule has 0 aliphatic carbocycles. The van der Waals surface area contributed by atoms with E-state index in [1.54, 1.807) is 7.11 Å². The van der Waals surface area contributed by atoms with E-state index in [0.717, 1.165) is 21.1 Å². The number of hydrogen-bond acceptors (Lipinski definition) is 4. The zero-order chi connectivity index (χ0) is 11.5. The molecule has 82 valence electrons. The van der Waals surface area contributed by atoms with Crippen LogP contribution < -0.4 is 4.74 Å². The number of ether oxygens (including phenoxy) is 1. The van der Waals surface area contributed by atoms with Crippen molar-refractivity contribution in [1.82, 2.24) is 0 Å². The molecule has 0 unspecified atom stereocenters. The van der Waals surface area contributed by atoms with Crippen LogP contribution in [0.4, 0.5) is 0 Å². The van der Waals surface area contributed by atoms with Gasteiger partial charge in [0.05, 0.1) is 13.5 Å². The van der Waals surface area contributed by atoms with Crippen LogP contribution in [-0.4, -0.2) is 17.1 Å². The number of thioether (sulfide) groups is 1. The molecule has 16 heavy (non-hydrogen) atoms. The number of carbonyl (C=O) groups excluding carboxylic acids is 1. The normalized spacial score (nSPS) is 18.2. The molecule has 0 atom stereocenters. The minimum atomic E-state index is 0.129. The summed E-state index contributed by atoms with van der Waals surface area (Å²) in [5, 5.41) is 0.129. The highest BCUT2D eigenvalue weighted by molar-refractivity contribution is 8.19. The van der Waals surface area contributed by atoms with Gasteiger partial charge in [0.1, 0.15) is 5.75 Å². The van der Waals surface area contributed by atoms with Crippen molar-refractivity contribution in [1.29, 1.82) is 0 Å². The van der Waals surface area contributed by atoms with Crippen molar-refractivity contribution < 1.29 is 9.53 Å². The van der Waals surface area contributed by atoms with Crippen LogP contribution in [0.25, 0.3) is 6.08 Å². The SMILES string of the molecule is COc1ccc(/C=C2\SC(=O)CC2=S)cc1. The fourth-order valence-corrected chi connectivity index (χ4v) is 2.64. The molecule has 2 rings (SSSR count). The van der Waals surface area contributed by atoms with Gasteiger partial charge < -0.3 is 4.74 Å². The Bertz CT molecular complexity index is 460. The lowest BCUT2D eigenvalue weighted by molar-refractivity contribution is -0.109. The summed E-state index contributed by atoms with van der Waals surface area (Å²) < 4.78 is 5.07. The molecule has 1 fully saturated rings. The molecular formula is C12H10O2S2. The monoisotopic (exact) mass is 250 g/mol. The molecule has 4 heteroatoms. The van der Waals surface area contributed by atoms with Crippen LogP contribution >= 0.6 is 24.0 Å². The number of allylic oxidation sites excluding steroid dienone is 1. The second kappa shape index (κ2) is 4.80. The van der Waals surface area contributed by atoms with E-state index in [1.807, 2.05) is 30.3 Å². The van der Waals surface area contributed by atoms with Gasteiger partial charge in [0.15, 0.2) is 5.12 Å².